The molecule has 0 aliphatic rings. The molecule has 0 fully saturated rings. The summed E-state index contributed by atoms with van der Waals surface area (Å²) in [6, 6.07) is 5.34. The normalized spacial score (nSPS) is 11.4. The van der Waals surface area contributed by atoms with Crippen molar-refractivity contribution in [1.29, 1.82) is 0 Å². The first-order valence-corrected chi connectivity index (χ1v) is 7.00. The van der Waals surface area contributed by atoms with Crippen LogP contribution in [-0.4, -0.2) is 9.61 Å². The van der Waals surface area contributed by atoms with Crippen molar-refractivity contribution in [1.82, 2.24) is 9.61 Å². The van der Waals surface area contributed by atoms with E-state index in [-0.39, 0.29) is 0 Å². The van der Waals surface area contributed by atoms with E-state index >= 15 is 0 Å². The Bertz CT molecular complexity index is 804. The van der Waals surface area contributed by atoms with E-state index in [1.165, 1.54) is 0 Å². The van der Waals surface area contributed by atoms with E-state index in [0.717, 1.165) is 23.4 Å². The van der Waals surface area contributed by atoms with Crippen molar-refractivity contribution in [2.24, 2.45) is 0 Å². The highest BCUT2D eigenvalue weighted by Gasteiger charge is 2.21. The molecule has 0 atom stereocenters. The second-order valence-electron chi connectivity index (χ2n) is 4.56. The Hall–Kier alpha value is -1.65. The maximum Gasteiger partial charge on any atom is 0.246 e. The number of aromatic nitrogens is 2. The van der Waals surface area contributed by atoms with Gasteiger partial charge in [-0.3, -0.25) is 0 Å². The molecule has 0 bridgehead atoms. The van der Waals surface area contributed by atoms with Gasteiger partial charge < -0.3 is 10.2 Å². The van der Waals surface area contributed by atoms with E-state index in [1.54, 1.807) is 16.6 Å². The van der Waals surface area contributed by atoms with Crippen LogP contribution >= 0.6 is 23.2 Å². The third-order valence-corrected chi connectivity index (χ3v) is 3.82. The number of oxazole rings is 1. The van der Waals surface area contributed by atoms with Crippen LogP contribution in [-0.2, 0) is 6.42 Å². The Morgan fingerprint density at radius 1 is 1.35 bits per heavy atom. The Balaban J connectivity index is 2.32. The summed E-state index contributed by atoms with van der Waals surface area (Å²) in [6.07, 6.45) is 0.746. The van der Waals surface area contributed by atoms with Gasteiger partial charge in [-0.05, 0) is 31.5 Å². The van der Waals surface area contributed by atoms with Crippen molar-refractivity contribution in [3.8, 4) is 11.3 Å². The third-order valence-electron chi connectivity index (χ3n) is 3.27. The van der Waals surface area contributed by atoms with Gasteiger partial charge in [-0.25, -0.2) is 0 Å². The van der Waals surface area contributed by atoms with Crippen LogP contribution < -0.4 is 5.73 Å². The smallest absolute Gasteiger partial charge is 0.246 e. The van der Waals surface area contributed by atoms with E-state index < -0.39 is 0 Å². The summed E-state index contributed by atoms with van der Waals surface area (Å²) in [6.45, 7) is 3.86. The SMILES string of the molecule is CCc1nn2c(-c3ccc(Cl)cc3Cl)c(C)oc2c1N. The van der Waals surface area contributed by atoms with Crippen LogP contribution in [0.3, 0.4) is 0 Å². The van der Waals surface area contributed by atoms with Crippen molar-refractivity contribution < 1.29 is 4.42 Å². The zero-order valence-corrected chi connectivity index (χ0v) is 12.6. The monoisotopic (exact) mass is 309 g/mol. The highest BCUT2D eigenvalue weighted by atomic mass is 35.5. The van der Waals surface area contributed by atoms with Gasteiger partial charge in [0.05, 0.1) is 10.7 Å². The number of fused-ring (bicyclic) bond motifs is 1. The zero-order chi connectivity index (χ0) is 14.4. The lowest BCUT2D eigenvalue weighted by molar-refractivity contribution is 0.574. The highest BCUT2D eigenvalue weighted by Crippen LogP contribution is 2.36. The molecule has 104 valence electrons. The molecule has 0 saturated heterocycles. The average Bonchev–Trinajstić information content (AvgIpc) is 2.87. The fourth-order valence-electron chi connectivity index (χ4n) is 2.30. The van der Waals surface area contributed by atoms with Gasteiger partial charge in [0, 0.05) is 10.6 Å². The Morgan fingerprint density at radius 3 is 2.75 bits per heavy atom. The molecule has 0 spiro atoms. The van der Waals surface area contributed by atoms with Crippen molar-refractivity contribution in [2.45, 2.75) is 20.3 Å². The van der Waals surface area contributed by atoms with Gasteiger partial charge in [-0.2, -0.15) is 9.61 Å². The van der Waals surface area contributed by atoms with E-state index in [9.17, 15) is 0 Å². The van der Waals surface area contributed by atoms with Crippen LogP contribution in [0, 0.1) is 6.92 Å². The maximum atomic E-state index is 6.28. The van der Waals surface area contributed by atoms with Gasteiger partial charge in [-0.1, -0.05) is 30.1 Å². The summed E-state index contributed by atoms with van der Waals surface area (Å²) in [5.41, 5.74) is 9.60. The lowest BCUT2D eigenvalue weighted by Gasteiger charge is -2.03. The number of rotatable bonds is 2. The highest BCUT2D eigenvalue weighted by molar-refractivity contribution is 6.36. The van der Waals surface area contributed by atoms with Gasteiger partial charge in [0.15, 0.2) is 0 Å². The number of halogens is 2. The fourth-order valence-corrected chi connectivity index (χ4v) is 2.79. The number of nitrogen functional groups attached to an aromatic ring is 1. The van der Waals surface area contributed by atoms with Gasteiger partial charge in [0.2, 0.25) is 5.71 Å². The molecule has 0 aliphatic carbocycles. The lowest BCUT2D eigenvalue weighted by atomic mass is 10.1. The summed E-state index contributed by atoms with van der Waals surface area (Å²) >= 11 is 12.2. The molecule has 0 amide bonds. The molecule has 4 nitrogen and oxygen atoms in total. The third kappa shape index (κ3) is 1.87. The molecule has 3 rings (SSSR count). The Labute approximate surface area is 126 Å². The van der Waals surface area contributed by atoms with Crippen molar-refractivity contribution >= 4 is 34.6 Å². The molecule has 2 N–H and O–H groups in total. The predicted octanol–water partition coefficient (Wildman–Crippen LogP) is 4.35. The quantitative estimate of drug-likeness (QED) is 0.765. The first kappa shape index (κ1) is 13.3. The van der Waals surface area contributed by atoms with Crippen LogP contribution in [0.5, 0.6) is 0 Å². The van der Waals surface area contributed by atoms with Crippen molar-refractivity contribution in [2.75, 3.05) is 5.73 Å². The second kappa shape index (κ2) is 4.72. The number of hydrogen-bond donors (Lipinski definition) is 1. The number of anilines is 1. The van der Waals surface area contributed by atoms with Crippen LogP contribution in [0.2, 0.25) is 10.0 Å². The standard InChI is InChI=1S/C14H13Cl2N3O/c1-3-11-12(17)14-19(18-11)13(7(2)20-14)9-5-4-8(15)6-10(9)16/h4-6H,3,17H2,1-2H3. The number of nitrogens with zero attached hydrogens (tertiary/aromatic N) is 2. The lowest BCUT2D eigenvalue weighted by Crippen LogP contribution is -1.93. The number of nitrogens with two attached hydrogens (primary N) is 1. The van der Waals surface area contributed by atoms with Crippen molar-refractivity contribution in [3.63, 3.8) is 0 Å². The summed E-state index contributed by atoms with van der Waals surface area (Å²) in [5, 5.41) is 5.64. The summed E-state index contributed by atoms with van der Waals surface area (Å²) in [7, 11) is 0. The number of hydrogen-bond acceptors (Lipinski definition) is 3. The molecule has 0 unspecified atom stereocenters. The summed E-state index contributed by atoms with van der Waals surface area (Å²) in [4.78, 5) is 0. The maximum absolute atomic E-state index is 6.28. The molecular weight excluding hydrogens is 297 g/mol. The fraction of sp³-hybridized carbons (Fsp3) is 0.214. The van der Waals surface area contributed by atoms with Crippen molar-refractivity contribution in [3.05, 3.63) is 39.7 Å². The average molecular weight is 310 g/mol. The van der Waals surface area contributed by atoms with Crippen LogP contribution in [0.4, 0.5) is 5.69 Å². The van der Waals surface area contributed by atoms with Crippen LogP contribution in [0.15, 0.2) is 22.6 Å². The number of benzene rings is 1. The number of aryl methyl sites for hydroxylation is 2. The summed E-state index contributed by atoms with van der Waals surface area (Å²) in [5.74, 6) is 0.714. The molecule has 1 aromatic carbocycles. The van der Waals surface area contributed by atoms with Gasteiger partial charge in [0.1, 0.15) is 17.1 Å². The van der Waals surface area contributed by atoms with Gasteiger partial charge in [0.25, 0.3) is 0 Å². The van der Waals surface area contributed by atoms with E-state index in [0.29, 0.717) is 27.2 Å². The molecule has 6 heteroatoms. The predicted molar refractivity (Wildman–Crippen MR) is 81.4 cm³/mol. The largest absolute Gasteiger partial charge is 0.440 e. The minimum atomic E-state index is 0.551. The Kier molecular flexibility index (Phi) is 3.15. The topological polar surface area (TPSA) is 56.5 Å². The van der Waals surface area contributed by atoms with Crippen LogP contribution in [0.1, 0.15) is 18.4 Å². The molecule has 0 aliphatic heterocycles. The van der Waals surface area contributed by atoms with Crippen LogP contribution in [0.25, 0.3) is 17.0 Å². The minimum Gasteiger partial charge on any atom is -0.440 e. The molecule has 2 aromatic heterocycles. The molecular formula is C14H13Cl2N3O. The first-order valence-electron chi connectivity index (χ1n) is 6.24. The summed E-state index contributed by atoms with van der Waals surface area (Å²) < 4.78 is 7.44. The van der Waals surface area contributed by atoms with Gasteiger partial charge in [-0.15, -0.1) is 0 Å². The Morgan fingerprint density at radius 2 is 2.10 bits per heavy atom. The minimum absolute atomic E-state index is 0.551. The van der Waals surface area contributed by atoms with Gasteiger partial charge >= 0.3 is 0 Å². The molecule has 2 heterocycles. The van der Waals surface area contributed by atoms with E-state index in [2.05, 4.69) is 5.10 Å². The zero-order valence-electron chi connectivity index (χ0n) is 11.1. The molecule has 0 saturated carbocycles. The molecule has 3 aromatic rings. The van der Waals surface area contributed by atoms with E-state index in [1.807, 2.05) is 19.9 Å². The molecule has 0 radical (unpaired) electrons. The first-order chi connectivity index (χ1) is 9.52. The second-order valence-corrected chi connectivity index (χ2v) is 5.41. The molecule has 20 heavy (non-hydrogen) atoms. The van der Waals surface area contributed by atoms with E-state index in [4.69, 9.17) is 33.4 Å².